The number of nitrogens with one attached hydrogen (secondary N) is 1. The van der Waals surface area contributed by atoms with Gasteiger partial charge < -0.3 is 9.88 Å². The molecule has 170 valence electrons. The van der Waals surface area contributed by atoms with E-state index in [1.54, 1.807) is 0 Å². The van der Waals surface area contributed by atoms with Crippen molar-refractivity contribution in [3.05, 3.63) is 107 Å². The summed E-state index contributed by atoms with van der Waals surface area (Å²) in [7, 11) is 0. The van der Waals surface area contributed by atoms with E-state index in [1.807, 2.05) is 0 Å². The van der Waals surface area contributed by atoms with E-state index in [0.717, 1.165) is 25.9 Å². The number of aryl methyl sites for hydroxylation is 2. The molecule has 0 unspecified atom stereocenters. The van der Waals surface area contributed by atoms with Crippen molar-refractivity contribution in [2.75, 3.05) is 6.54 Å². The van der Waals surface area contributed by atoms with Crippen molar-refractivity contribution in [3.63, 3.8) is 0 Å². The SMILES string of the molecule is CCCCNC(=O)C[C@@H](c1cccc(C)c1)c1cn(Cc2ccc(C)cc2)c2ccccc12. The summed E-state index contributed by atoms with van der Waals surface area (Å²) in [6.45, 7) is 7.92. The Hall–Kier alpha value is -3.33. The van der Waals surface area contributed by atoms with E-state index in [1.165, 1.54) is 38.7 Å². The van der Waals surface area contributed by atoms with Crippen LogP contribution in [0.2, 0.25) is 0 Å². The molecule has 1 heterocycles. The van der Waals surface area contributed by atoms with Gasteiger partial charge >= 0.3 is 0 Å². The molecule has 4 rings (SSSR count). The van der Waals surface area contributed by atoms with Crippen LogP contribution >= 0.6 is 0 Å². The molecule has 1 atom stereocenters. The Kier molecular flexibility index (Phi) is 7.29. The molecule has 3 aromatic carbocycles. The highest BCUT2D eigenvalue weighted by molar-refractivity contribution is 5.86. The summed E-state index contributed by atoms with van der Waals surface area (Å²) in [5, 5.41) is 4.34. The van der Waals surface area contributed by atoms with Gasteiger partial charge in [-0.25, -0.2) is 0 Å². The van der Waals surface area contributed by atoms with Crippen LogP contribution in [0.4, 0.5) is 0 Å². The summed E-state index contributed by atoms with van der Waals surface area (Å²) >= 11 is 0. The number of benzene rings is 3. The van der Waals surface area contributed by atoms with Crippen LogP contribution in [0.15, 0.2) is 79.0 Å². The van der Waals surface area contributed by atoms with E-state index in [2.05, 4.69) is 110 Å². The summed E-state index contributed by atoms with van der Waals surface area (Å²) in [4.78, 5) is 12.9. The van der Waals surface area contributed by atoms with Crippen LogP contribution in [0.25, 0.3) is 10.9 Å². The summed E-state index contributed by atoms with van der Waals surface area (Å²) in [5.74, 6) is 0.126. The predicted molar refractivity (Wildman–Crippen MR) is 138 cm³/mol. The molecular formula is C30H34N2O. The van der Waals surface area contributed by atoms with Gasteiger partial charge in [0.2, 0.25) is 5.91 Å². The number of carbonyl (C=O) groups is 1. The van der Waals surface area contributed by atoms with Crippen LogP contribution in [0, 0.1) is 13.8 Å². The van der Waals surface area contributed by atoms with Gasteiger partial charge in [0, 0.05) is 42.5 Å². The fourth-order valence-corrected chi connectivity index (χ4v) is 4.53. The third-order valence-corrected chi connectivity index (χ3v) is 6.35. The Morgan fingerprint density at radius 1 is 0.939 bits per heavy atom. The van der Waals surface area contributed by atoms with Gasteiger partial charge in [-0.05, 0) is 43.0 Å². The molecule has 33 heavy (non-hydrogen) atoms. The van der Waals surface area contributed by atoms with Gasteiger partial charge in [0.05, 0.1) is 0 Å². The molecule has 1 N–H and O–H groups in total. The Morgan fingerprint density at radius 2 is 1.73 bits per heavy atom. The zero-order valence-corrected chi connectivity index (χ0v) is 20.0. The smallest absolute Gasteiger partial charge is 0.220 e. The van der Waals surface area contributed by atoms with E-state index in [9.17, 15) is 4.79 Å². The molecule has 0 radical (unpaired) electrons. The molecule has 0 saturated heterocycles. The highest BCUT2D eigenvalue weighted by Gasteiger charge is 2.23. The monoisotopic (exact) mass is 438 g/mol. The lowest BCUT2D eigenvalue weighted by molar-refractivity contribution is -0.121. The Morgan fingerprint density at radius 3 is 2.48 bits per heavy atom. The summed E-state index contributed by atoms with van der Waals surface area (Å²) < 4.78 is 2.33. The highest BCUT2D eigenvalue weighted by Crippen LogP contribution is 2.35. The molecule has 0 bridgehead atoms. The molecule has 3 nitrogen and oxygen atoms in total. The number of fused-ring (bicyclic) bond motifs is 1. The number of aromatic nitrogens is 1. The number of nitrogens with zero attached hydrogens (tertiary/aromatic N) is 1. The molecule has 0 aliphatic heterocycles. The average molecular weight is 439 g/mol. The number of para-hydroxylation sites is 1. The maximum absolute atomic E-state index is 12.9. The van der Waals surface area contributed by atoms with Gasteiger partial charge in [0.25, 0.3) is 0 Å². The van der Waals surface area contributed by atoms with Gasteiger partial charge in [-0.1, -0.05) is 91.2 Å². The zero-order valence-electron chi connectivity index (χ0n) is 20.0. The first kappa shape index (κ1) is 22.8. The molecule has 0 fully saturated rings. The third-order valence-electron chi connectivity index (χ3n) is 6.35. The number of unbranched alkanes of at least 4 members (excludes halogenated alkanes) is 1. The van der Waals surface area contributed by atoms with E-state index in [4.69, 9.17) is 0 Å². The lowest BCUT2D eigenvalue weighted by Crippen LogP contribution is -2.26. The van der Waals surface area contributed by atoms with Gasteiger partial charge in [0.1, 0.15) is 0 Å². The van der Waals surface area contributed by atoms with E-state index in [0.29, 0.717) is 6.42 Å². The quantitative estimate of drug-likeness (QED) is 0.288. The Balaban J connectivity index is 1.74. The summed E-state index contributed by atoms with van der Waals surface area (Å²) in [5.41, 5.74) is 7.37. The number of hydrogen-bond acceptors (Lipinski definition) is 1. The summed E-state index contributed by atoms with van der Waals surface area (Å²) in [6.07, 6.45) is 4.80. The Bertz CT molecular complexity index is 1220. The fourth-order valence-electron chi connectivity index (χ4n) is 4.53. The van der Waals surface area contributed by atoms with E-state index in [-0.39, 0.29) is 11.8 Å². The molecule has 1 aromatic heterocycles. The first-order valence-electron chi connectivity index (χ1n) is 12.0. The van der Waals surface area contributed by atoms with Crippen molar-refractivity contribution in [2.45, 2.75) is 52.5 Å². The van der Waals surface area contributed by atoms with Crippen molar-refractivity contribution in [1.29, 1.82) is 0 Å². The largest absolute Gasteiger partial charge is 0.356 e. The first-order valence-corrected chi connectivity index (χ1v) is 12.0. The molecule has 0 saturated carbocycles. The first-order chi connectivity index (χ1) is 16.0. The van der Waals surface area contributed by atoms with Gasteiger partial charge in [-0.3, -0.25) is 4.79 Å². The molecular weight excluding hydrogens is 404 g/mol. The second-order valence-corrected chi connectivity index (χ2v) is 9.09. The lowest BCUT2D eigenvalue weighted by Gasteiger charge is -2.18. The minimum atomic E-state index is 0.00990. The van der Waals surface area contributed by atoms with Crippen LogP contribution in [0.5, 0.6) is 0 Å². The number of hydrogen-bond donors (Lipinski definition) is 1. The lowest BCUT2D eigenvalue weighted by atomic mass is 9.87. The van der Waals surface area contributed by atoms with Crippen molar-refractivity contribution in [3.8, 4) is 0 Å². The van der Waals surface area contributed by atoms with E-state index < -0.39 is 0 Å². The van der Waals surface area contributed by atoms with Crippen LogP contribution < -0.4 is 5.32 Å². The van der Waals surface area contributed by atoms with Crippen LogP contribution in [0.1, 0.15) is 59.9 Å². The van der Waals surface area contributed by atoms with Crippen molar-refractivity contribution < 1.29 is 4.79 Å². The summed E-state index contributed by atoms with van der Waals surface area (Å²) in [6, 6.07) is 25.9. The van der Waals surface area contributed by atoms with Crippen molar-refractivity contribution in [2.24, 2.45) is 0 Å². The second-order valence-electron chi connectivity index (χ2n) is 9.09. The molecule has 3 heteroatoms. The Labute approximate surface area is 197 Å². The van der Waals surface area contributed by atoms with Crippen LogP contribution in [-0.2, 0) is 11.3 Å². The minimum Gasteiger partial charge on any atom is -0.356 e. The maximum atomic E-state index is 12.9. The highest BCUT2D eigenvalue weighted by atomic mass is 16.1. The minimum absolute atomic E-state index is 0.00990. The predicted octanol–water partition coefficient (Wildman–Crippen LogP) is 6.74. The zero-order chi connectivity index (χ0) is 23.2. The molecule has 0 aliphatic carbocycles. The number of amides is 1. The second kappa shape index (κ2) is 10.5. The topological polar surface area (TPSA) is 34.0 Å². The van der Waals surface area contributed by atoms with Crippen molar-refractivity contribution in [1.82, 2.24) is 9.88 Å². The fraction of sp³-hybridized carbons (Fsp3) is 0.300. The van der Waals surface area contributed by atoms with Gasteiger partial charge in [-0.2, -0.15) is 0 Å². The molecule has 4 aromatic rings. The molecule has 0 spiro atoms. The number of carbonyl (C=O) groups excluding carboxylic acids is 1. The molecule has 1 amide bonds. The van der Waals surface area contributed by atoms with Crippen LogP contribution in [-0.4, -0.2) is 17.0 Å². The third kappa shape index (κ3) is 5.54. The average Bonchev–Trinajstić information content (AvgIpc) is 3.17. The van der Waals surface area contributed by atoms with Crippen LogP contribution in [0.3, 0.4) is 0 Å². The van der Waals surface area contributed by atoms with E-state index >= 15 is 0 Å². The standard InChI is InChI=1S/C30H34N2O/c1-4-5-17-31-30(33)19-27(25-10-8-9-23(3)18-25)28-21-32(29-12-7-6-11-26(28)29)20-24-15-13-22(2)14-16-24/h6-16,18,21,27H,4-5,17,19-20H2,1-3H3,(H,31,33)/t27-/m0/s1. The van der Waals surface area contributed by atoms with Gasteiger partial charge in [-0.15, -0.1) is 0 Å². The van der Waals surface area contributed by atoms with Gasteiger partial charge in [0.15, 0.2) is 0 Å². The maximum Gasteiger partial charge on any atom is 0.220 e. The normalized spacial score (nSPS) is 12.1. The molecule has 0 aliphatic rings. The number of rotatable bonds is 9. The van der Waals surface area contributed by atoms with Crippen molar-refractivity contribution >= 4 is 16.8 Å².